The number of piperidine rings is 1. The molecule has 1 aromatic carbocycles. The Kier molecular flexibility index (Phi) is 6.30. The maximum atomic E-state index is 13.7. The van der Waals surface area contributed by atoms with Crippen LogP contribution in [0.15, 0.2) is 79.1 Å². The van der Waals surface area contributed by atoms with Crippen LogP contribution in [0.4, 0.5) is 5.82 Å². The largest absolute Gasteiger partial charge is 0.353 e. The second kappa shape index (κ2) is 10.0. The number of hydrogen-bond acceptors (Lipinski definition) is 5. The summed E-state index contributed by atoms with van der Waals surface area (Å²) in [4.78, 5) is 42.2. The molecule has 0 radical (unpaired) electrons. The highest BCUT2D eigenvalue weighted by atomic mass is 16.2. The Morgan fingerprint density at radius 1 is 0.784 bits per heavy atom. The first-order valence-corrected chi connectivity index (χ1v) is 13.0. The number of benzene rings is 1. The van der Waals surface area contributed by atoms with E-state index in [9.17, 15) is 9.59 Å². The highest BCUT2D eigenvalue weighted by molar-refractivity contribution is 5.99. The molecule has 4 aromatic rings. The van der Waals surface area contributed by atoms with Gasteiger partial charge in [0, 0.05) is 63.1 Å². The normalized spacial score (nSPS) is 18.3. The number of aromatic nitrogens is 3. The van der Waals surface area contributed by atoms with Crippen LogP contribution in [0.3, 0.4) is 0 Å². The van der Waals surface area contributed by atoms with Crippen molar-refractivity contribution in [2.45, 2.75) is 18.8 Å². The summed E-state index contributed by atoms with van der Waals surface area (Å²) in [6, 6.07) is 21.2. The molecular weight excluding hydrogens is 464 g/mol. The second-order valence-electron chi connectivity index (χ2n) is 9.70. The molecule has 0 saturated carbocycles. The molecule has 2 fully saturated rings. The number of anilines is 1. The highest BCUT2D eigenvalue weighted by Gasteiger charge is 2.31. The van der Waals surface area contributed by atoms with E-state index >= 15 is 0 Å². The lowest BCUT2D eigenvalue weighted by Crippen LogP contribution is -2.49. The van der Waals surface area contributed by atoms with Gasteiger partial charge in [0.2, 0.25) is 0 Å². The molecule has 0 spiro atoms. The van der Waals surface area contributed by atoms with Crippen molar-refractivity contribution >= 4 is 23.1 Å². The monoisotopic (exact) mass is 494 g/mol. The molecule has 8 nitrogen and oxygen atoms in total. The van der Waals surface area contributed by atoms with Gasteiger partial charge in [0.05, 0.1) is 5.52 Å². The zero-order valence-electron chi connectivity index (χ0n) is 20.7. The fourth-order valence-corrected chi connectivity index (χ4v) is 5.47. The Labute approximate surface area is 216 Å². The van der Waals surface area contributed by atoms with Gasteiger partial charge in [-0.25, -0.2) is 9.97 Å². The Balaban J connectivity index is 1.22. The van der Waals surface area contributed by atoms with Gasteiger partial charge in [0.25, 0.3) is 11.8 Å². The van der Waals surface area contributed by atoms with E-state index in [1.165, 1.54) is 0 Å². The average Bonchev–Trinajstić information content (AvgIpc) is 3.37. The van der Waals surface area contributed by atoms with Crippen LogP contribution in [-0.2, 0) is 0 Å². The predicted octanol–water partition coefficient (Wildman–Crippen LogP) is 3.71. The molecule has 0 aliphatic carbocycles. The molecule has 3 aromatic heterocycles. The van der Waals surface area contributed by atoms with Crippen LogP contribution in [0.2, 0.25) is 0 Å². The fourth-order valence-electron chi connectivity index (χ4n) is 5.47. The zero-order chi connectivity index (χ0) is 25.2. The molecule has 2 amide bonds. The Hall–Kier alpha value is -4.20. The van der Waals surface area contributed by atoms with Crippen LogP contribution >= 0.6 is 0 Å². The first kappa shape index (κ1) is 23.2. The number of likely N-dealkylation sites (tertiary alicyclic amines) is 1. The standard InChI is InChI=1S/C29H30N6O2/c36-28(22-9-2-1-3-10-22)34-15-8-11-23(21-34)27-31-26(24-12-5-7-16-35(24)27)29(37)33-19-17-32(18-20-33)25-13-4-6-14-30-25/h1-7,9-10,12-14,16,23H,8,11,15,17-21H2. The molecule has 188 valence electrons. The summed E-state index contributed by atoms with van der Waals surface area (Å²) in [5, 5.41) is 0. The van der Waals surface area contributed by atoms with Crippen LogP contribution in [0.5, 0.6) is 0 Å². The van der Waals surface area contributed by atoms with Gasteiger partial charge >= 0.3 is 0 Å². The third kappa shape index (κ3) is 4.55. The molecule has 0 bridgehead atoms. The lowest BCUT2D eigenvalue weighted by atomic mass is 9.96. The summed E-state index contributed by atoms with van der Waals surface area (Å²) in [5.41, 5.74) is 2.02. The number of imidazole rings is 1. The van der Waals surface area contributed by atoms with Gasteiger partial charge in [-0.15, -0.1) is 0 Å². The SMILES string of the molecule is O=C(c1ccccc1)N1CCCC(c2nc(C(=O)N3CCN(c4ccccn4)CC3)c3ccccn23)C1. The van der Waals surface area contributed by atoms with Crippen LogP contribution in [0.25, 0.3) is 5.52 Å². The Bertz CT molecular complexity index is 1400. The number of hydrogen-bond donors (Lipinski definition) is 0. The van der Waals surface area contributed by atoms with Crippen LogP contribution in [0, 0.1) is 0 Å². The van der Waals surface area contributed by atoms with Gasteiger partial charge in [0.1, 0.15) is 11.6 Å². The van der Waals surface area contributed by atoms with Crippen LogP contribution < -0.4 is 4.90 Å². The van der Waals surface area contributed by atoms with Crippen molar-refractivity contribution < 1.29 is 9.59 Å². The molecule has 2 aliphatic rings. The number of rotatable bonds is 4. The molecule has 6 rings (SSSR count). The summed E-state index contributed by atoms with van der Waals surface area (Å²) < 4.78 is 2.04. The summed E-state index contributed by atoms with van der Waals surface area (Å²) in [6.45, 7) is 4.05. The van der Waals surface area contributed by atoms with Gasteiger partial charge in [0.15, 0.2) is 5.69 Å². The first-order valence-electron chi connectivity index (χ1n) is 13.0. The smallest absolute Gasteiger partial charge is 0.274 e. The van der Waals surface area contributed by atoms with Crippen LogP contribution in [0.1, 0.15) is 45.4 Å². The third-order valence-corrected chi connectivity index (χ3v) is 7.41. The highest BCUT2D eigenvalue weighted by Crippen LogP contribution is 2.29. The van der Waals surface area contributed by atoms with Crippen molar-refractivity contribution in [3.05, 3.63) is 96.2 Å². The van der Waals surface area contributed by atoms with E-state index in [-0.39, 0.29) is 17.7 Å². The van der Waals surface area contributed by atoms with E-state index in [2.05, 4.69) is 9.88 Å². The molecule has 1 unspecified atom stereocenters. The number of amides is 2. The molecular formula is C29H30N6O2. The Morgan fingerprint density at radius 3 is 2.35 bits per heavy atom. The molecule has 2 saturated heterocycles. The lowest BCUT2D eigenvalue weighted by Gasteiger charge is -2.35. The molecule has 8 heteroatoms. The number of carbonyl (C=O) groups is 2. The van der Waals surface area contributed by atoms with E-state index in [4.69, 9.17) is 4.98 Å². The molecule has 2 aliphatic heterocycles. The van der Waals surface area contributed by atoms with Gasteiger partial charge in [-0.05, 0) is 49.2 Å². The summed E-state index contributed by atoms with van der Waals surface area (Å²) in [6.07, 6.45) is 5.61. The zero-order valence-corrected chi connectivity index (χ0v) is 20.7. The van der Waals surface area contributed by atoms with Crippen molar-refractivity contribution in [2.75, 3.05) is 44.2 Å². The number of piperazine rings is 1. The number of pyridine rings is 2. The van der Waals surface area contributed by atoms with E-state index in [0.29, 0.717) is 30.9 Å². The van der Waals surface area contributed by atoms with Crippen molar-refractivity contribution in [3.8, 4) is 0 Å². The van der Waals surface area contributed by atoms with Crippen molar-refractivity contribution in [2.24, 2.45) is 0 Å². The maximum Gasteiger partial charge on any atom is 0.274 e. The third-order valence-electron chi connectivity index (χ3n) is 7.41. The van der Waals surface area contributed by atoms with Crippen molar-refractivity contribution in [3.63, 3.8) is 0 Å². The van der Waals surface area contributed by atoms with E-state index in [1.54, 1.807) is 6.20 Å². The topological polar surface area (TPSA) is 74.1 Å². The molecule has 5 heterocycles. The van der Waals surface area contributed by atoms with Crippen molar-refractivity contribution in [1.82, 2.24) is 24.2 Å². The molecule has 0 N–H and O–H groups in total. The summed E-state index contributed by atoms with van der Waals surface area (Å²) in [7, 11) is 0. The van der Waals surface area contributed by atoms with E-state index < -0.39 is 0 Å². The lowest BCUT2D eigenvalue weighted by molar-refractivity contribution is 0.0700. The summed E-state index contributed by atoms with van der Waals surface area (Å²) >= 11 is 0. The molecule has 1 atom stereocenters. The first-order chi connectivity index (χ1) is 18.2. The predicted molar refractivity (Wildman–Crippen MR) is 142 cm³/mol. The minimum absolute atomic E-state index is 0.0383. The van der Waals surface area contributed by atoms with Crippen molar-refractivity contribution in [1.29, 1.82) is 0 Å². The quantitative estimate of drug-likeness (QED) is 0.433. The van der Waals surface area contributed by atoms with Crippen LogP contribution in [-0.4, -0.2) is 75.3 Å². The average molecular weight is 495 g/mol. The summed E-state index contributed by atoms with van der Waals surface area (Å²) in [5.74, 6) is 1.88. The maximum absolute atomic E-state index is 13.7. The second-order valence-corrected chi connectivity index (χ2v) is 9.70. The number of fused-ring (bicyclic) bond motifs is 1. The van der Waals surface area contributed by atoms with E-state index in [1.807, 2.05) is 87.1 Å². The van der Waals surface area contributed by atoms with Gasteiger partial charge in [-0.2, -0.15) is 0 Å². The Morgan fingerprint density at radius 2 is 1.57 bits per heavy atom. The molecule has 37 heavy (non-hydrogen) atoms. The fraction of sp³-hybridized carbons (Fsp3) is 0.310. The van der Waals surface area contributed by atoms with E-state index in [0.717, 1.165) is 49.6 Å². The number of carbonyl (C=O) groups excluding carboxylic acids is 2. The minimum atomic E-state index is -0.0383. The van der Waals surface area contributed by atoms with Gasteiger partial charge in [-0.3, -0.25) is 9.59 Å². The van der Waals surface area contributed by atoms with Gasteiger partial charge < -0.3 is 19.1 Å². The van der Waals surface area contributed by atoms with Gasteiger partial charge in [-0.1, -0.05) is 30.3 Å². The minimum Gasteiger partial charge on any atom is -0.353 e. The number of nitrogens with zero attached hydrogens (tertiary/aromatic N) is 6.